The van der Waals surface area contributed by atoms with Gasteiger partial charge in [0.2, 0.25) is 0 Å². The van der Waals surface area contributed by atoms with Gasteiger partial charge in [0.1, 0.15) is 11.9 Å². The summed E-state index contributed by atoms with van der Waals surface area (Å²) >= 11 is 0. The van der Waals surface area contributed by atoms with E-state index in [0.29, 0.717) is 17.6 Å². The maximum Gasteiger partial charge on any atom is 0.275 e. The number of fused-ring (bicyclic) bond motifs is 1. The Morgan fingerprint density at radius 3 is 2.50 bits per heavy atom. The predicted octanol–water partition coefficient (Wildman–Crippen LogP) is 3.73. The third kappa shape index (κ3) is 4.04. The largest absolute Gasteiger partial charge is 0.353 e. The molecule has 1 fully saturated rings. The van der Waals surface area contributed by atoms with E-state index in [1.165, 1.54) is 0 Å². The number of aryl methyl sites for hydroxylation is 2. The fourth-order valence-corrected chi connectivity index (χ4v) is 4.55. The molecule has 0 atom stereocenters. The van der Waals surface area contributed by atoms with E-state index in [0.717, 1.165) is 59.8 Å². The predicted molar refractivity (Wildman–Crippen MR) is 134 cm³/mol. The molecule has 2 aromatic heterocycles. The molecule has 3 heterocycles. The molecule has 7 heteroatoms. The highest BCUT2D eigenvalue weighted by atomic mass is 16.1. The maximum atomic E-state index is 13.3. The molecule has 0 amide bonds. The van der Waals surface area contributed by atoms with Gasteiger partial charge in [0.15, 0.2) is 0 Å². The lowest BCUT2D eigenvalue weighted by Crippen LogP contribution is -2.48. The van der Waals surface area contributed by atoms with E-state index < -0.39 is 0 Å². The Balaban J connectivity index is 1.45. The van der Waals surface area contributed by atoms with Crippen molar-refractivity contribution in [2.45, 2.75) is 20.5 Å². The number of piperazine rings is 1. The Bertz CT molecular complexity index is 1460. The van der Waals surface area contributed by atoms with Crippen molar-refractivity contribution in [3.8, 4) is 17.3 Å². The molecule has 34 heavy (non-hydrogen) atoms. The van der Waals surface area contributed by atoms with Gasteiger partial charge in [-0.25, -0.2) is 9.67 Å². The first-order valence-electron chi connectivity index (χ1n) is 11.4. The van der Waals surface area contributed by atoms with Gasteiger partial charge in [0, 0.05) is 43.3 Å². The Morgan fingerprint density at radius 1 is 0.971 bits per heavy atom. The zero-order valence-corrected chi connectivity index (χ0v) is 19.4. The Kier molecular flexibility index (Phi) is 5.83. The molecule has 0 radical (unpaired) electrons. The maximum absolute atomic E-state index is 13.3. The average Bonchev–Trinajstić information content (AvgIpc) is 2.88. The Labute approximate surface area is 198 Å². The van der Waals surface area contributed by atoms with Gasteiger partial charge < -0.3 is 4.90 Å². The quantitative estimate of drug-likeness (QED) is 0.472. The smallest absolute Gasteiger partial charge is 0.275 e. The van der Waals surface area contributed by atoms with Gasteiger partial charge in [-0.1, -0.05) is 35.9 Å². The van der Waals surface area contributed by atoms with E-state index in [-0.39, 0.29) is 5.56 Å². The van der Waals surface area contributed by atoms with Crippen molar-refractivity contribution in [3.63, 3.8) is 0 Å². The molecule has 1 saturated heterocycles. The van der Waals surface area contributed by atoms with Crippen molar-refractivity contribution in [1.82, 2.24) is 19.7 Å². The minimum atomic E-state index is -0.0800. The van der Waals surface area contributed by atoms with Crippen molar-refractivity contribution in [2.75, 3.05) is 31.1 Å². The molecule has 170 valence electrons. The van der Waals surface area contributed by atoms with Gasteiger partial charge in [-0.3, -0.25) is 9.69 Å². The number of nitriles is 1. The molecule has 1 aliphatic rings. The van der Waals surface area contributed by atoms with Crippen LogP contribution in [0, 0.1) is 25.2 Å². The van der Waals surface area contributed by atoms with Crippen LogP contribution in [0.3, 0.4) is 0 Å². The first kappa shape index (κ1) is 21.8. The van der Waals surface area contributed by atoms with Crippen LogP contribution < -0.4 is 10.5 Å². The van der Waals surface area contributed by atoms with E-state index >= 15 is 0 Å². The van der Waals surface area contributed by atoms with E-state index in [1.54, 1.807) is 23.0 Å². The van der Waals surface area contributed by atoms with E-state index in [4.69, 9.17) is 5.10 Å². The van der Waals surface area contributed by atoms with Gasteiger partial charge in [-0.2, -0.15) is 10.4 Å². The van der Waals surface area contributed by atoms with Crippen molar-refractivity contribution in [3.05, 3.63) is 87.8 Å². The second-order valence-electron chi connectivity index (χ2n) is 8.75. The monoisotopic (exact) mass is 450 g/mol. The number of aromatic nitrogens is 3. The number of hydrogen-bond donors (Lipinski definition) is 0. The highest BCUT2D eigenvalue weighted by Crippen LogP contribution is 2.28. The standard InChI is InChI=1S/C27H26N6O/c1-19-9-10-20(2)24(16-19)25-22-7-3-4-8-23(22)27(34)33(30-25)18-31-12-14-32(15-13-31)26-21(17-28)6-5-11-29-26/h3-11,16H,12-15,18H2,1-2H3. The second kappa shape index (κ2) is 9.08. The zero-order valence-electron chi connectivity index (χ0n) is 19.4. The summed E-state index contributed by atoms with van der Waals surface area (Å²) in [5, 5.41) is 15.8. The number of pyridine rings is 1. The van der Waals surface area contributed by atoms with Crippen molar-refractivity contribution < 1.29 is 0 Å². The van der Waals surface area contributed by atoms with E-state index in [2.05, 4.69) is 52.9 Å². The van der Waals surface area contributed by atoms with Crippen LogP contribution in [-0.2, 0) is 6.67 Å². The molecule has 2 aromatic carbocycles. The third-order valence-corrected chi connectivity index (χ3v) is 6.43. The van der Waals surface area contributed by atoms with Crippen LogP contribution in [0.15, 0.2) is 65.6 Å². The normalized spacial score (nSPS) is 14.3. The summed E-state index contributed by atoms with van der Waals surface area (Å²) in [4.78, 5) is 22.1. The number of hydrogen-bond acceptors (Lipinski definition) is 6. The first-order chi connectivity index (χ1) is 16.5. The summed E-state index contributed by atoms with van der Waals surface area (Å²) in [7, 11) is 0. The molecule has 1 aliphatic heterocycles. The van der Waals surface area contributed by atoms with Gasteiger partial charge >= 0.3 is 0 Å². The van der Waals surface area contributed by atoms with Crippen molar-refractivity contribution in [2.24, 2.45) is 0 Å². The minimum Gasteiger partial charge on any atom is -0.353 e. The van der Waals surface area contributed by atoms with Crippen LogP contribution in [0.5, 0.6) is 0 Å². The van der Waals surface area contributed by atoms with Crippen LogP contribution in [0.1, 0.15) is 16.7 Å². The number of rotatable bonds is 4. The van der Waals surface area contributed by atoms with E-state index in [1.807, 2.05) is 24.3 Å². The zero-order chi connectivity index (χ0) is 23.7. The average molecular weight is 451 g/mol. The van der Waals surface area contributed by atoms with Gasteiger partial charge in [0.05, 0.1) is 23.3 Å². The summed E-state index contributed by atoms with van der Waals surface area (Å²) in [6.45, 7) is 7.54. The van der Waals surface area contributed by atoms with Crippen LogP contribution in [0.25, 0.3) is 22.0 Å². The molecule has 0 unspecified atom stereocenters. The molecule has 0 bridgehead atoms. The summed E-state index contributed by atoms with van der Waals surface area (Å²) in [6.07, 6.45) is 1.72. The topological polar surface area (TPSA) is 78.1 Å². The highest BCUT2D eigenvalue weighted by Gasteiger charge is 2.22. The summed E-state index contributed by atoms with van der Waals surface area (Å²) in [6, 6.07) is 19.8. The van der Waals surface area contributed by atoms with Crippen LogP contribution >= 0.6 is 0 Å². The SMILES string of the molecule is Cc1ccc(C)c(-c2nn(CN3CCN(c4ncccc4C#N)CC3)c(=O)c3ccccc23)c1. The number of nitrogens with zero attached hydrogens (tertiary/aromatic N) is 6. The number of anilines is 1. The molecule has 0 saturated carbocycles. The van der Waals surface area contributed by atoms with Crippen LogP contribution in [0.2, 0.25) is 0 Å². The summed E-state index contributed by atoms with van der Waals surface area (Å²) in [5.41, 5.74) is 4.68. The van der Waals surface area contributed by atoms with Gasteiger partial charge in [-0.15, -0.1) is 0 Å². The molecule has 5 rings (SSSR count). The molecular weight excluding hydrogens is 424 g/mol. The molecule has 0 aliphatic carbocycles. The molecule has 4 aromatic rings. The number of benzene rings is 2. The second-order valence-corrected chi connectivity index (χ2v) is 8.75. The Morgan fingerprint density at radius 2 is 1.74 bits per heavy atom. The minimum absolute atomic E-state index is 0.0800. The molecule has 0 N–H and O–H groups in total. The van der Waals surface area contributed by atoms with E-state index in [9.17, 15) is 10.1 Å². The van der Waals surface area contributed by atoms with Crippen molar-refractivity contribution in [1.29, 1.82) is 5.26 Å². The lowest BCUT2D eigenvalue weighted by molar-refractivity contribution is 0.192. The summed E-state index contributed by atoms with van der Waals surface area (Å²) < 4.78 is 1.59. The first-order valence-corrected chi connectivity index (χ1v) is 11.4. The van der Waals surface area contributed by atoms with Crippen LogP contribution in [0.4, 0.5) is 5.82 Å². The summed E-state index contributed by atoms with van der Waals surface area (Å²) in [5.74, 6) is 0.725. The third-order valence-electron chi connectivity index (χ3n) is 6.43. The van der Waals surface area contributed by atoms with Gasteiger partial charge in [-0.05, 0) is 43.7 Å². The van der Waals surface area contributed by atoms with Gasteiger partial charge in [0.25, 0.3) is 5.56 Å². The van der Waals surface area contributed by atoms with Crippen LogP contribution in [-0.4, -0.2) is 45.8 Å². The lowest BCUT2D eigenvalue weighted by atomic mass is 9.99. The molecule has 7 nitrogen and oxygen atoms in total. The lowest BCUT2D eigenvalue weighted by Gasteiger charge is -2.35. The molecule has 0 spiro atoms. The fourth-order valence-electron chi connectivity index (χ4n) is 4.55. The highest BCUT2D eigenvalue weighted by molar-refractivity contribution is 5.94. The Hall–Kier alpha value is -4.02. The fraction of sp³-hybridized carbons (Fsp3) is 0.259. The van der Waals surface area contributed by atoms with Crippen molar-refractivity contribution >= 4 is 16.6 Å². The molecular formula is C27H26N6O.